The number of rotatable bonds is 3. The zero-order valence-corrected chi connectivity index (χ0v) is 9.97. The number of nitrogens with zero attached hydrogens (tertiary/aromatic N) is 3. The molecule has 18 heavy (non-hydrogen) atoms. The first-order chi connectivity index (χ1) is 8.63. The van der Waals surface area contributed by atoms with E-state index in [2.05, 4.69) is 10.1 Å². The van der Waals surface area contributed by atoms with E-state index in [-0.39, 0.29) is 23.2 Å². The second kappa shape index (κ2) is 5.05. The lowest BCUT2D eigenvalue weighted by Crippen LogP contribution is -2.20. The molecule has 2 rings (SSSR count). The van der Waals surface area contributed by atoms with Gasteiger partial charge in [0.05, 0.1) is 11.6 Å². The standard InChI is InChI=1S/C11H10ClFN4O/c12-8-3-1-2-7(9(8)13)6-17-5-4-15-11(17)10(14)16-18/h1-5,18H,6H2,(H2,14,16). The molecule has 0 amide bonds. The molecule has 1 aromatic carbocycles. The van der Waals surface area contributed by atoms with Gasteiger partial charge >= 0.3 is 0 Å². The lowest BCUT2D eigenvalue weighted by atomic mass is 10.2. The molecule has 0 atom stereocenters. The topological polar surface area (TPSA) is 76.4 Å². The van der Waals surface area contributed by atoms with E-state index in [9.17, 15) is 4.39 Å². The van der Waals surface area contributed by atoms with E-state index in [1.807, 2.05) is 0 Å². The Morgan fingerprint density at radius 1 is 1.56 bits per heavy atom. The van der Waals surface area contributed by atoms with Crippen molar-refractivity contribution in [3.05, 3.63) is 52.8 Å². The van der Waals surface area contributed by atoms with E-state index in [4.69, 9.17) is 22.5 Å². The molecular formula is C11H10ClFN4O. The molecule has 3 N–H and O–H groups in total. The fourth-order valence-corrected chi connectivity index (χ4v) is 1.76. The van der Waals surface area contributed by atoms with Crippen LogP contribution in [-0.2, 0) is 6.54 Å². The van der Waals surface area contributed by atoms with Crippen LogP contribution in [0.3, 0.4) is 0 Å². The normalized spacial score (nSPS) is 11.8. The third-order valence-corrected chi connectivity index (χ3v) is 2.72. The van der Waals surface area contributed by atoms with Gasteiger partial charge in [-0.3, -0.25) is 0 Å². The fourth-order valence-electron chi connectivity index (χ4n) is 1.57. The molecule has 2 aromatic rings. The number of oxime groups is 1. The number of benzene rings is 1. The van der Waals surface area contributed by atoms with Gasteiger partial charge in [-0.25, -0.2) is 9.37 Å². The van der Waals surface area contributed by atoms with Gasteiger partial charge in [-0.05, 0) is 6.07 Å². The third kappa shape index (κ3) is 2.28. The number of hydrogen-bond donors (Lipinski definition) is 2. The van der Waals surface area contributed by atoms with Gasteiger partial charge in [0, 0.05) is 18.0 Å². The fraction of sp³-hybridized carbons (Fsp3) is 0.0909. The minimum Gasteiger partial charge on any atom is -0.409 e. The van der Waals surface area contributed by atoms with Gasteiger partial charge in [0.1, 0.15) is 5.82 Å². The average molecular weight is 269 g/mol. The van der Waals surface area contributed by atoms with E-state index >= 15 is 0 Å². The summed E-state index contributed by atoms with van der Waals surface area (Å²) in [7, 11) is 0. The molecule has 0 bridgehead atoms. The van der Waals surface area contributed by atoms with Crippen LogP contribution in [0.5, 0.6) is 0 Å². The maximum atomic E-state index is 13.7. The molecule has 0 aliphatic rings. The molecular weight excluding hydrogens is 259 g/mol. The highest BCUT2D eigenvalue weighted by molar-refractivity contribution is 6.30. The van der Waals surface area contributed by atoms with Crippen molar-refractivity contribution in [3.8, 4) is 0 Å². The Morgan fingerprint density at radius 3 is 3.06 bits per heavy atom. The zero-order chi connectivity index (χ0) is 13.1. The van der Waals surface area contributed by atoms with Gasteiger partial charge in [0.15, 0.2) is 5.82 Å². The van der Waals surface area contributed by atoms with E-state index in [0.29, 0.717) is 5.56 Å². The molecule has 0 aliphatic carbocycles. The summed E-state index contributed by atoms with van der Waals surface area (Å²) in [6.07, 6.45) is 3.09. The first-order valence-corrected chi connectivity index (χ1v) is 5.43. The van der Waals surface area contributed by atoms with Gasteiger partial charge in [0.25, 0.3) is 0 Å². The molecule has 0 saturated carbocycles. The quantitative estimate of drug-likeness (QED) is 0.386. The molecule has 0 saturated heterocycles. The monoisotopic (exact) mass is 268 g/mol. The van der Waals surface area contributed by atoms with E-state index < -0.39 is 5.82 Å². The molecule has 0 spiro atoms. The molecule has 7 heteroatoms. The molecule has 5 nitrogen and oxygen atoms in total. The van der Waals surface area contributed by atoms with Crippen molar-refractivity contribution in [2.75, 3.05) is 0 Å². The van der Waals surface area contributed by atoms with Crippen LogP contribution < -0.4 is 5.73 Å². The minimum absolute atomic E-state index is 0.0537. The van der Waals surface area contributed by atoms with Crippen LogP contribution in [0.25, 0.3) is 0 Å². The minimum atomic E-state index is -0.488. The average Bonchev–Trinajstić information content (AvgIpc) is 2.82. The Morgan fingerprint density at radius 2 is 2.33 bits per heavy atom. The van der Waals surface area contributed by atoms with Gasteiger partial charge < -0.3 is 15.5 Å². The molecule has 0 unspecified atom stereocenters. The van der Waals surface area contributed by atoms with Gasteiger partial charge in [-0.15, -0.1) is 0 Å². The summed E-state index contributed by atoms with van der Waals surface area (Å²) in [5.41, 5.74) is 5.85. The highest BCUT2D eigenvalue weighted by Crippen LogP contribution is 2.19. The molecule has 1 aromatic heterocycles. The Bertz CT molecular complexity index is 596. The number of aromatic nitrogens is 2. The number of halogens is 2. The van der Waals surface area contributed by atoms with Crippen molar-refractivity contribution in [1.29, 1.82) is 0 Å². The molecule has 94 valence electrons. The highest BCUT2D eigenvalue weighted by atomic mass is 35.5. The van der Waals surface area contributed by atoms with Gasteiger partial charge in [-0.1, -0.05) is 28.9 Å². The van der Waals surface area contributed by atoms with Crippen LogP contribution in [0, 0.1) is 5.82 Å². The Hall–Kier alpha value is -2.08. The summed E-state index contributed by atoms with van der Waals surface area (Å²) < 4.78 is 15.3. The lowest BCUT2D eigenvalue weighted by molar-refractivity contribution is 0.318. The van der Waals surface area contributed by atoms with E-state index in [1.54, 1.807) is 22.9 Å². The largest absolute Gasteiger partial charge is 0.409 e. The van der Waals surface area contributed by atoms with Crippen LogP contribution in [0.15, 0.2) is 35.7 Å². The predicted octanol–water partition coefficient (Wildman–Crippen LogP) is 1.82. The maximum Gasteiger partial charge on any atom is 0.206 e. The highest BCUT2D eigenvalue weighted by Gasteiger charge is 2.11. The summed E-state index contributed by atoms with van der Waals surface area (Å²) in [6.45, 7) is 0.192. The van der Waals surface area contributed by atoms with Crippen molar-refractivity contribution < 1.29 is 9.60 Å². The summed E-state index contributed by atoms with van der Waals surface area (Å²) in [5.74, 6) is -0.363. The maximum absolute atomic E-state index is 13.7. The van der Waals surface area contributed by atoms with Gasteiger partial charge in [-0.2, -0.15) is 0 Å². The van der Waals surface area contributed by atoms with Crippen LogP contribution in [0.1, 0.15) is 11.4 Å². The predicted molar refractivity (Wildman–Crippen MR) is 65.2 cm³/mol. The summed E-state index contributed by atoms with van der Waals surface area (Å²) in [6, 6.07) is 4.73. The first kappa shape index (κ1) is 12.4. The number of amidine groups is 1. The van der Waals surface area contributed by atoms with Crippen molar-refractivity contribution in [3.63, 3.8) is 0 Å². The van der Waals surface area contributed by atoms with Crippen molar-refractivity contribution >= 4 is 17.4 Å². The number of imidazole rings is 1. The van der Waals surface area contributed by atoms with Crippen molar-refractivity contribution in [1.82, 2.24) is 9.55 Å². The van der Waals surface area contributed by atoms with Crippen LogP contribution >= 0.6 is 11.6 Å². The Labute approximate surface area is 107 Å². The van der Waals surface area contributed by atoms with E-state index in [1.165, 1.54) is 12.3 Å². The number of nitrogens with two attached hydrogens (primary N) is 1. The summed E-state index contributed by atoms with van der Waals surface area (Å²) in [5, 5.41) is 11.5. The van der Waals surface area contributed by atoms with Crippen molar-refractivity contribution in [2.45, 2.75) is 6.54 Å². The second-order valence-electron chi connectivity index (χ2n) is 3.58. The van der Waals surface area contributed by atoms with Crippen LogP contribution in [0.2, 0.25) is 5.02 Å². The van der Waals surface area contributed by atoms with Crippen LogP contribution in [0.4, 0.5) is 4.39 Å². The Balaban J connectivity index is 2.35. The SMILES string of the molecule is N/C(=N/O)c1nccn1Cc1cccc(Cl)c1F. The van der Waals surface area contributed by atoms with E-state index in [0.717, 1.165) is 0 Å². The summed E-state index contributed by atoms with van der Waals surface area (Å²) in [4.78, 5) is 3.93. The third-order valence-electron chi connectivity index (χ3n) is 2.42. The van der Waals surface area contributed by atoms with Crippen LogP contribution in [-0.4, -0.2) is 20.6 Å². The molecule has 0 aliphatic heterocycles. The lowest BCUT2D eigenvalue weighted by Gasteiger charge is -2.08. The van der Waals surface area contributed by atoms with Gasteiger partial charge in [0.2, 0.25) is 5.84 Å². The Kier molecular flexibility index (Phi) is 3.47. The molecule has 0 radical (unpaired) electrons. The smallest absolute Gasteiger partial charge is 0.206 e. The molecule has 1 heterocycles. The first-order valence-electron chi connectivity index (χ1n) is 5.05. The summed E-state index contributed by atoms with van der Waals surface area (Å²) >= 11 is 5.70. The zero-order valence-electron chi connectivity index (χ0n) is 9.22. The molecule has 0 fully saturated rings. The van der Waals surface area contributed by atoms with Crippen molar-refractivity contribution in [2.24, 2.45) is 10.9 Å². The second-order valence-corrected chi connectivity index (χ2v) is 3.98. The number of hydrogen-bond acceptors (Lipinski definition) is 3.